The summed E-state index contributed by atoms with van der Waals surface area (Å²) in [4.78, 5) is 8.82. The third-order valence-corrected chi connectivity index (χ3v) is 3.37. The van der Waals surface area contributed by atoms with Gasteiger partial charge in [0.1, 0.15) is 16.8 Å². The number of aryl methyl sites for hydroxylation is 1. The van der Waals surface area contributed by atoms with Gasteiger partial charge >= 0.3 is 0 Å². The van der Waals surface area contributed by atoms with Crippen LogP contribution in [0.1, 0.15) is 42.4 Å². The molecule has 102 valence electrons. The van der Waals surface area contributed by atoms with E-state index in [9.17, 15) is 0 Å². The van der Waals surface area contributed by atoms with Crippen molar-refractivity contribution < 1.29 is 0 Å². The van der Waals surface area contributed by atoms with Gasteiger partial charge < -0.3 is 5.32 Å². The molecule has 0 aliphatic carbocycles. The van der Waals surface area contributed by atoms with Crippen LogP contribution in [0.3, 0.4) is 0 Å². The van der Waals surface area contributed by atoms with Crippen LogP contribution in [0.4, 0.5) is 5.82 Å². The van der Waals surface area contributed by atoms with Gasteiger partial charge in [0, 0.05) is 29.3 Å². The minimum atomic E-state index is 0.245. The maximum atomic E-state index is 6.15. The first-order valence-electron chi connectivity index (χ1n) is 6.25. The van der Waals surface area contributed by atoms with E-state index in [4.69, 9.17) is 11.6 Å². The highest BCUT2D eigenvalue weighted by Gasteiger charge is 2.12. The average Bonchev–Trinajstić information content (AvgIpc) is 2.76. The summed E-state index contributed by atoms with van der Waals surface area (Å²) >= 11 is 6.15. The van der Waals surface area contributed by atoms with E-state index in [0.717, 1.165) is 28.5 Å². The molecular formula is C13H18ClN5. The van der Waals surface area contributed by atoms with Crippen LogP contribution in [0.2, 0.25) is 5.15 Å². The van der Waals surface area contributed by atoms with Crippen LogP contribution in [0.25, 0.3) is 0 Å². The van der Waals surface area contributed by atoms with E-state index in [1.807, 2.05) is 33.9 Å². The summed E-state index contributed by atoms with van der Waals surface area (Å²) < 4.78 is 0. The van der Waals surface area contributed by atoms with E-state index in [1.165, 1.54) is 0 Å². The zero-order valence-electron chi connectivity index (χ0n) is 11.6. The number of rotatable bonds is 4. The Kier molecular flexibility index (Phi) is 4.04. The van der Waals surface area contributed by atoms with Crippen LogP contribution in [0.15, 0.2) is 6.20 Å². The molecular weight excluding hydrogens is 262 g/mol. The molecule has 2 aromatic heterocycles. The summed E-state index contributed by atoms with van der Waals surface area (Å²) in [6.07, 6.45) is 1.81. The SMILES string of the molecule is Cc1[nH]ncc1CNc1nc(C(C)C)nc(Cl)c1C. The van der Waals surface area contributed by atoms with Crippen LogP contribution >= 0.6 is 11.6 Å². The molecule has 0 aromatic carbocycles. The zero-order valence-corrected chi connectivity index (χ0v) is 12.3. The molecule has 0 aliphatic heterocycles. The number of anilines is 1. The van der Waals surface area contributed by atoms with Crippen molar-refractivity contribution in [1.82, 2.24) is 20.2 Å². The maximum absolute atomic E-state index is 6.15. The lowest BCUT2D eigenvalue weighted by Crippen LogP contribution is -2.08. The minimum Gasteiger partial charge on any atom is -0.365 e. The summed E-state index contributed by atoms with van der Waals surface area (Å²) in [6.45, 7) is 8.66. The Balaban J connectivity index is 2.22. The van der Waals surface area contributed by atoms with Crippen molar-refractivity contribution in [3.63, 3.8) is 0 Å². The predicted octanol–water partition coefficient (Wildman–Crippen LogP) is 3.21. The molecule has 2 aromatic rings. The van der Waals surface area contributed by atoms with Gasteiger partial charge in [0.05, 0.1) is 6.20 Å². The number of hydrogen-bond acceptors (Lipinski definition) is 4. The van der Waals surface area contributed by atoms with Gasteiger partial charge in [0.15, 0.2) is 0 Å². The number of H-pyrrole nitrogens is 1. The zero-order chi connectivity index (χ0) is 14.0. The third-order valence-electron chi connectivity index (χ3n) is 3.00. The molecule has 6 heteroatoms. The van der Waals surface area contributed by atoms with E-state index in [2.05, 4.69) is 25.5 Å². The molecule has 0 amide bonds. The van der Waals surface area contributed by atoms with Gasteiger partial charge in [-0.25, -0.2) is 9.97 Å². The van der Waals surface area contributed by atoms with Crippen molar-refractivity contribution in [2.75, 3.05) is 5.32 Å². The normalized spacial score (nSPS) is 11.1. The summed E-state index contributed by atoms with van der Waals surface area (Å²) in [6, 6.07) is 0. The first-order chi connectivity index (χ1) is 8.99. The van der Waals surface area contributed by atoms with Crippen molar-refractivity contribution in [1.29, 1.82) is 0 Å². The third kappa shape index (κ3) is 3.04. The van der Waals surface area contributed by atoms with Gasteiger partial charge in [-0.3, -0.25) is 5.10 Å². The van der Waals surface area contributed by atoms with E-state index >= 15 is 0 Å². The molecule has 0 unspecified atom stereocenters. The topological polar surface area (TPSA) is 66.5 Å². The van der Waals surface area contributed by atoms with Crippen molar-refractivity contribution in [3.8, 4) is 0 Å². The first-order valence-corrected chi connectivity index (χ1v) is 6.63. The van der Waals surface area contributed by atoms with Crippen molar-refractivity contribution >= 4 is 17.4 Å². The fourth-order valence-electron chi connectivity index (χ4n) is 1.67. The summed E-state index contributed by atoms with van der Waals surface area (Å²) in [5.41, 5.74) is 3.03. The van der Waals surface area contributed by atoms with Gasteiger partial charge in [0.25, 0.3) is 0 Å². The van der Waals surface area contributed by atoms with Crippen LogP contribution in [0, 0.1) is 13.8 Å². The fourth-order valence-corrected chi connectivity index (χ4v) is 1.84. The second-order valence-electron chi connectivity index (χ2n) is 4.87. The Morgan fingerprint density at radius 3 is 2.63 bits per heavy atom. The Labute approximate surface area is 117 Å². The minimum absolute atomic E-state index is 0.245. The second kappa shape index (κ2) is 5.57. The van der Waals surface area contributed by atoms with E-state index < -0.39 is 0 Å². The lowest BCUT2D eigenvalue weighted by molar-refractivity contribution is 0.771. The smallest absolute Gasteiger partial charge is 0.137 e. The molecule has 2 rings (SSSR count). The highest BCUT2D eigenvalue weighted by atomic mass is 35.5. The van der Waals surface area contributed by atoms with Gasteiger partial charge in [0.2, 0.25) is 0 Å². The van der Waals surface area contributed by atoms with Gasteiger partial charge in [-0.05, 0) is 13.8 Å². The van der Waals surface area contributed by atoms with Crippen molar-refractivity contribution in [2.45, 2.75) is 40.2 Å². The largest absolute Gasteiger partial charge is 0.365 e. The van der Waals surface area contributed by atoms with Crippen LogP contribution in [-0.2, 0) is 6.54 Å². The fraction of sp³-hybridized carbons (Fsp3) is 0.462. The Hall–Kier alpha value is -1.62. The summed E-state index contributed by atoms with van der Waals surface area (Å²) in [5, 5.41) is 10.7. The molecule has 5 nitrogen and oxygen atoms in total. The molecule has 2 N–H and O–H groups in total. The van der Waals surface area contributed by atoms with E-state index in [-0.39, 0.29) is 5.92 Å². The summed E-state index contributed by atoms with van der Waals surface area (Å²) in [5.74, 6) is 1.78. The van der Waals surface area contributed by atoms with Crippen molar-refractivity contribution in [2.24, 2.45) is 0 Å². The number of halogens is 1. The standard InChI is InChI=1S/C13H18ClN5/c1-7(2)12-17-11(14)8(3)13(18-12)15-5-10-6-16-19-9(10)4/h6-7H,5H2,1-4H3,(H,16,19)(H,15,17,18). The lowest BCUT2D eigenvalue weighted by Gasteiger charge is -2.12. The molecule has 0 bridgehead atoms. The number of nitrogens with one attached hydrogen (secondary N) is 2. The highest BCUT2D eigenvalue weighted by molar-refractivity contribution is 6.30. The predicted molar refractivity (Wildman–Crippen MR) is 76.5 cm³/mol. The average molecular weight is 280 g/mol. The Morgan fingerprint density at radius 2 is 2.05 bits per heavy atom. The van der Waals surface area contributed by atoms with Crippen molar-refractivity contribution in [3.05, 3.63) is 34.0 Å². The van der Waals surface area contributed by atoms with Crippen LogP contribution < -0.4 is 5.32 Å². The quantitative estimate of drug-likeness (QED) is 0.844. The Morgan fingerprint density at radius 1 is 1.32 bits per heavy atom. The van der Waals surface area contributed by atoms with E-state index in [0.29, 0.717) is 11.7 Å². The molecule has 0 aliphatic rings. The van der Waals surface area contributed by atoms with E-state index in [1.54, 1.807) is 0 Å². The monoisotopic (exact) mass is 279 g/mol. The van der Waals surface area contributed by atoms with Crippen LogP contribution in [0.5, 0.6) is 0 Å². The van der Waals surface area contributed by atoms with Gasteiger partial charge in [-0.2, -0.15) is 5.10 Å². The molecule has 19 heavy (non-hydrogen) atoms. The number of hydrogen-bond donors (Lipinski definition) is 2. The molecule has 0 fully saturated rings. The van der Waals surface area contributed by atoms with Gasteiger partial charge in [-0.1, -0.05) is 25.4 Å². The molecule has 0 radical (unpaired) electrons. The number of aromatic nitrogens is 4. The maximum Gasteiger partial charge on any atom is 0.137 e. The molecule has 0 saturated heterocycles. The van der Waals surface area contributed by atoms with Crippen LogP contribution in [-0.4, -0.2) is 20.2 Å². The number of aromatic amines is 1. The first kappa shape index (κ1) is 13.8. The number of nitrogens with zero attached hydrogens (tertiary/aromatic N) is 3. The lowest BCUT2D eigenvalue weighted by atomic mass is 10.2. The summed E-state index contributed by atoms with van der Waals surface area (Å²) in [7, 11) is 0. The molecule has 2 heterocycles. The molecule has 0 saturated carbocycles. The van der Waals surface area contributed by atoms with Gasteiger partial charge in [-0.15, -0.1) is 0 Å². The highest BCUT2D eigenvalue weighted by Crippen LogP contribution is 2.23. The molecule has 0 atom stereocenters. The molecule has 0 spiro atoms. The Bertz CT molecular complexity index is 576. The second-order valence-corrected chi connectivity index (χ2v) is 5.23.